The number of carbonyl (C=O) groups is 2. The summed E-state index contributed by atoms with van der Waals surface area (Å²) < 4.78 is 0. The normalized spacial score (nSPS) is 15.4. The maximum atomic E-state index is 13.3. The Bertz CT molecular complexity index is 811. The Balaban J connectivity index is 1.77. The van der Waals surface area contributed by atoms with E-state index in [1.165, 1.54) is 24.8 Å². The van der Waals surface area contributed by atoms with Gasteiger partial charge in [-0.15, -0.1) is 0 Å². The molecule has 3 rings (SSSR count). The van der Waals surface area contributed by atoms with E-state index in [1.807, 2.05) is 68.4 Å². The quantitative estimate of drug-likeness (QED) is 0.685. The molecule has 0 bridgehead atoms. The van der Waals surface area contributed by atoms with Crippen molar-refractivity contribution < 1.29 is 9.59 Å². The smallest absolute Gasteiger partial charge is 0.243 e. The third-order valence-corrected chi connectivity index (χ3v) is 6.01. The molecule has 1 aliphatic rings. The maximum absolute atomic E-state index is 13.3. The van der Waals surface area contributed by atoms with Gasteiger partial charge in [-0.1, -0.05) is 86.3 Å². The Labute approximate surface area is 180 Å². The molecule has 1 saturated carbocycles. The summed E-state index contributed by atoms with van der Waals surface area (Å²) in [4.78, 5) is 28.3. The summed E-state index contributed by atoms with van der Waals surface area (Å²) in [5.74, 6) is -0.0223. The topological polar surface area (TPSA) is 49.4 Å². The summed E-state index contributed by atoms with van der Waals surface area (Å²) in [6, 6.07) is 17.8. The molecule has 1 fully saturated rings. The first kappa shape index (κ1) is 22.1. The molecule has 4 heteroatoms. The highest BCUT2D eigenvalue weighted by Crippen LogP contribution is 2.19. The van der Waals surface area contributed by atoms with Gasteiger partial charge in [0, 0.05) is 12.6 Å². The van der Waals surface area contributed by atoms with Crippen LogP contribution < -0.4 is 5.32 Å². The van der Waals surface area contributed by atoms with Crippen LogP contribution in [-0.4, -0.2) is 28.8 Å². The van der Waals surface area contributed by atoms with E-state index in [-0.39, 0.29) is 17.9 Å². The summed E-state index contributed by atoms with van der Waals surface area (Å²) in [7, 11) is 0. The Morgan fingerprint density at radius 3 is 2.27 bits per heavy atom. The van der Waals surface area contributed by atoms with Crippen LogP contribution in [0.25, 0.3) is 0 Å². The lowest BCUT2D eigenvalue weighted by atomic mass is 9.95. The number of benzene rings is 2. The molecule has 30 heavy (non-hydrogen) atoms. The minimum absolute atomic E-state index is 0.00616. The minimum Gasteiger partial charge on any atom is -0.352 e. The number of amides is 2. The van der Waals surface area contributed by atoms with Gasteiger partial charge in [-0.3, -0.25) is 9.59 Å². The number of carbonyl (C=O) groups excluding carboxylic acids is 2. The minimum atomic E-state index is -0.454. The highest BCUT2D eigenvalue weighted by Gasteiger charge is 2.30. The first-order chi connectivity index (χ1) is 14.6. The second-order valence-corrected chi connectivity index (χ2v) is 8.44. The Morgan fingerprint density at radius 1 is 0.967 bits per heavy atom. The van der Waals surface area contributed by atoms with Gasteiger partial charge in [0.25, 0.3) is 0 Å². The van der Waals surface area contributed by atoms with Gasteiger partial charge in [-0.2, -0.15) is 0 Å². The van der Waals surface area contributed by atoms with Crippen molar-refractivity contribution in [1.82, 2.24) is 10.2 Å². The van der Waals surface area contributed by atoms with Crippen molar-refractivity contribution in [1.29, 1.82) is 0 Å². The van der Waals surface area contributed by atoms with Crippen molar-refractivity contribution in [3.05, 3.63) is 71.3 Å². The lowest BCUT2D eigenvalue weighted by molar-refractivity contribution is -0.141. The van der Waals surface area contributed by atoms with Gasteiger partial charge in [0.15, 0.2) is 0 Å². The third-order valence-electron chi connectivity index (χ3n) is 6.01. The summed E-state index contributed by atoms with van der Waals surface area (Å²) in [6.07, 6.45) is 6.57. The lowest BCUT2D eigenvalue weighted by Crippen LogP contribution is -2.51. The Kier molecular flexibility index (Phi) is 8.06. The molecule has 1 atom stereocenters. The second-order valence-electron chi connectivity index (χ2n) is 8.44. The van der Waals surface area contributed by atoms with Crippen molar-refractivity contribution in [2.75, 3.05) is 0 Å². The van der Waals surface area contributed by atoms with Crippen LogP contribution >= 0.6 is 0 Å². The lowest BCUT2D eigenvalue weighted by Gasteiger charge is -2.33. The molecule has 2 amide bonds. The average molecular weight is 407 g/mol. The maximum Gasteiger partial charge on any atom is 0.243 e. The molecule has 1 N–H and O–H groups in total. The van der Waals surface area contributed by atoms with Crippen LogP contribution in [0.15, 0.2) is 54.6 Å². The highest BCUT2D eigenvalue weighted by atomic mass is 16.2. The molecule has 1 aliphatic carbocycles. The number of nitrogens with zero attached hydrogens (tertiary/aromatic N) is 1. The molecule has 2 aromatic carbocycles. The van der Waals surface area contributed by atoms with Crippen molar-refractivity contribution in [2.24, 2.45) is 0 Å². The SMILES string of the molecule is CCC(C(=O)NC1CCCCC1)N(Cc1ccccc1)C(=O)Cc1ccc(C)cc1. The van der Waals surface area contributed by atoms with Crippen LogP contribution in [-0.2, 0) is 22.6 Å². The van der Waals surface area contributed by atoms with Gasteiger partial charge in [0.1, 0.15) is 6.04 Å². The standard InChI is InChI=1S/C26H34N2O2/c1-3-24(26(30)27-23-12-8-5-9-13-23)28(19-22-10-6-4-7-11-22)25(29)18-21-16-14-20(2)15-17-21/h4,6-7,10-11,14-17,23-24H,3,5,8-9,12-13,18-19H2,1-2H3,(H,27,30). The molecule has 0 aliphatic heterocycles. The van der Waals surface area contributed by atoms with Crippen molar-refractivity contribution in [2.45, 2.75) is 77.4 Å². The Morgan fingerprint density at radius 2 is 1.63 bits per heavy atom. The summed E-state index contributed by atoms with van der Waals surface area (Å²) in [5.41, 5.74) is 3.19. The second kappa shape index (κ2) is 11.0. The van der Waals surface area contributed by atoms with Crippen molar-refractivity contribution >= 4 is 11.8 Å². The van der Waals surface area contributed by atoms with E-state index < -0.39 is 6.04 Å². The fourth-order valence-corrected chi connectivity index (χ4v) is 4.23. The van der Waals surface area contributed by atoms with E-state index in [9.17, 15) is 9.59 Å². The largest absolute Gasteiger partial charge is 0.352 e. The number of nitrogens with one attached hydrogen (secondary N) is 1. The predicted octanol–water partition coefficient (Wildman–Crippen LogP) is 4.79. The summed E-state index contributed by atoms with van der Waals surface area (Å²) >= 11 is 0. The van der Waals surface area contributed by atoms with Crippen molar-refractivity contribution in [3.8, 4) is 0 Å². The fourth-order valence-electron chi connectivity index (χ4n) is 4.23. The van der Waals surface area contributed by atoms with E-state index >= 15 is 0 Å². The molecular formula is C26H34N2O2. The summed E-state index contributed by atoms with van der Waals surface area (Å²) in [5, 5.41) is 3.23. The van der Waals surface area contributed by atoms with Crippen molar-refractivity contribution in [3.63, 3.8) is 0 Å². The molecule has 0 saturated heterocycles. The van der Waals surface area contributed by atoms with E-state index in [1.54, 1.807) is 4.90 Å². The number of hydrogen-bond donors (Lipinski definition) is 1. The molecule has 0 aromatic heterocycles. The Hall–Kier alpha value is -2.62. The summed E-state index contributed by atoms with van der Waals surface area (Å²) in [6.45, 7) is 4.47. The fraction of sp³-hybridized carbons (Fsp3) is 0.462. The zero-order valence-electron chi connectivity index (χ0n) is 18.3. The molecule has 0 radical (unpaired) electrons. The van der Waals surface area contributed by atoms with Gasteiger partial charge < -0.3 is 10.2 Å². The van der Waals surface area contributed by atoms with E-state index in [2.05, 4.69) is 5.32 Å². The van der Waals surface area contributed by atoms with Crippen LogP contribution in [0.5, 0.6) is 0 Å². The predicted molar refractivity (Wildman–Crippen MR) is 121 cm³/mol. The molecule has 0 spiro atoms. The third kappa shape index (κ3) is 6.19. The number of rotatable bonds is 8. The van der Waals surface area contributed by atoms with Crippen LogP contribution in [0.3, 0.4) is 0 Å². The van der Waals surface area contributed by atoms with Crippen LogP contribution in [0.4, 0.5) is 0 Å². The zero-order valence-corrected chi connectivity index (χ0v) is 18.3. The molecule has 2 aromatic rings. The highest BCUT2D eigenvalue weighted by molar-refractivity contribution is 5.88. The molecule has 160 valence electrons. The van der Waals surface area contributed by atoms with Gasteiger partial charge in [-0.05, 0) is 37.3 Å². The van der Waals surface area contributed by atoms with Crippen LogP contribution in [0.2, 0.25) is 0 Å². The van der Waals surface area contributed by atoms with Gasteiger partial charge >= 0.3 is 0 Å². The first-order valence-electron chi connectivity index (χ1n) is 11.3. The van der Waals surface area contributed by atoms with Crippen LogP contribution in [0.1, 0.15) is 62.1 Å². The van der Waals surface area contributed by atoms with Gasteiger partial charge in [-0.25, -0.2) is 0 Å². The zero-order chi connectivity index (χ0) is 21.3. The molecule has 0 heterocycles. The van der Waals surface area contributed by atoms with Gasteiger partial charge in [0.2, 0.25) is 11.8 Å². The van der Waals surface area contributed by atoms with E-state index in [4.69, 9.17) is 0 Å². The molecule has 4 nitrogen and oxygen atoms in total. The van der Waals surface area contributed by atoms with E-state index in [0.717, 1.165) is 24.0 Å². The monoisotopic (exact) mass is 406 g/mol. The molecule has 1 unspecified atom stereocenters. The number of aryl methyl sites for hydroxylation is 1. The molecular weight excluding hydrogens is 372 g/mol. The number of hydrogen-bond acceptors (Lipinski definition) is 2. The van der Waals surface area contributed by atoms with Crippen LogP contribution in [0, 0.1) is 6.92 Å². The van der Waals surface area contributed by atoms with E-state index in [0.29, 0.717) is 19.4 Å². The first-order valence-corrected chi connectivity index (χ1v) is 11.3. The van der Waals surface area contributed by atoms with Gasteiger partial charge in [0.05, 0.1) is 6.42 Å². The average Bonchev–Trinajstić information content (AvgIpc) is 2.76.